The maximum absolute atomic E-state index is 11.3. The van der Waals surface area contributed by atoms with Crippen molar-refractivity contribution in [2.24, 2.45) is 0 Å². The number of anilines is 2. The highest BCUT2D eigenvalue weighted by atomic mass is 16.4. The number of nitrogens with zero attached hydrogens (tertiary/aromatic N) is 2. The summed E-state index contributed by atoms with van der Waals surface area (Å²) in [7, 11) is 1.82. The maximum Gasteiger partial charge on any atom is 0.339 e. The Labute approximate surface area is 112 Å². The molecule has 4 nitrogen and oxygen atoms in total. The van der Waals surface area contributed by atoms with Gasteiger partial charge in [-0.2, -0.15) is 0 Å². The first-order valence-electron chi connectivity index (χ1n) is 6.00. The van der Waals surface area contributed by atoms with E-state index < -0.39 is 5.97 Å². The second kappa shape index (κ2) is 5.10. The van der Waals surface area contributed by atoms with Crippen LogP contribution in [0.1, 0.15) is 21.6 Å². The molecule has 19 heavy (non-hydrogen) atoms. The highest BCUT2D eigenvalue weighted by Gasteiger charge is 2.16. The molecular weight excluding hydrogens is 240 g/mol. The van der Waals surface area contributed by atoms with Crippen LogP contribution in [0.4, 0.5) is 11.5 Å². The number of carbonyl (C=O) groups is 1. The number of rotatable bonds is 3. The zero-order chi connectivity index (χ0) is 14.0. The largest absolute Gasteiger partial charge is 0.478 e. The number of aryl methyl sites for hydroxylation is 2. The van der Waals surface area contributed by atoms with Gasteiger partial charge < -0.3 is 10.0 Å². The van der Waals surface area contributed by atoms with Gasteiger partial charge in [0.25, 0.3) is 0 Å². The lowest BCUT2D eigenvalue weighted by molar-refractivity contribution is 0.0697. The molecule has 0 bridgehead atoms. The summed E-state index contributed by atoms with van der Waals surface area (Å²) in [6, 6.07) is 11.2. The van der Waals surface area contributed by atoms with Crippen molar-refractivity contribution >= 4 is 17.5 Å². The minimum atomic E-state index is -0.970. The fourth-order valence-corrected chi connectivity index (χ4v) is 1.92. The van der Waals surface area contributed by atoms with Crippen molar-refractivity contribution in [2.45, 2.75) is 13.8 Å². The van der Waals surface area contributed by atoms with Gasteiger partial charge in [-0.05, 0) is 43.7 Å². The molecule has 2 aromatic rings. The number of hydrogen-bond acceptors (Lipinski definition) is 3. The predicted octanol–water partition coefficient (Wildman–Crippen LogP) is 3.16. The highest BCUT2D eigenvalue weighted by Crippen LogP contribution is 2.26. The normalized spacial score (nSPS) is 10.3. The molecule has 4 heteroatoms. The molecule has 0 radical (unpaired) electrons. The summed E-state index contributed by atoms with van der Waals surface area (Å²) in [6.07, 6.45) is 0. The van der Waals surface area contributed by atoms with E-state index >= 15 is 0 Å². The SMILES string of the molecule is Cc1cccc(N(C)c2nc(C)ccc2C(=O)O)c1. The third-order valence-electron chi connectivity index (χ3n) is 2.95. The zero-order valence-electron chi connectivity index (χ0n) is 11.2. The molecule has 1 heterocycles. The Balaban J connectivity index is 2.51. The minimum Gasteiger partial charge on any atom is -0.478 e. The van der Waals surface area contributed by atoms with Crippen molar-refractivity contribution in [3.8, 4) is 0 Å². The first-order chi connectivity index (χ1) is 8.99. The van der Waals surface area contributed by atoms with E-state index in [0.717, 1.165) is 16.9 Å². The van der Waals surface area contributed by atoms with Crippen LogP contribution in [0.2, 0.25) is 0 Å². The molecule has 0 aliphatic carbocycles. The Hall–Kier alpha value is -2.36. The van der Waals surface area contributed by atoms with Gasteiger partial charge >= 0.3 is 5.97 Å². The number of carboxylic acids is 1. The molecule has 1 aromatic heterocycles. The van der Waals surface area contributed by atoms with Gasteiger partial charge in [-0.1, -0.05) is 12.1 Å². The van der Waals surface area contributed by atoms with E-state index in [1.807, 2.05) is 45.2 Å². The molecule has 0 unspecified atom stereocenters. The van der Waals surface area contributed by atoms with Gasteiger partial charge in [0, 0.05) is 18.4 Å². The van der Waals surface area contributed by atoms with E-state index in [1.54, 1.807) is 17.0 Å². The summed E-state index contributed by atoms with van der Waals surface area (Å²) >= 11 is 0. The van der Waals surface area contributed by atoms with E-state index in [2.05, 4.69) is 4.98 Å². The van der Waals surface area contributed by atoms with Crippen LogP contribution in [0.3, 0.4) is 0 Å². The van der Waals surface area contributed by atoms with Crippen LogP contribution in [-0.2, 0) is 0 Å². The Morgan fingerprint density at radius 1 is 1.21 bits per heavy atom. The van der Waals surface area contributed by atoms with Crippen LogP contribution in [-0.4, -0.2) is 23.1 Å². The van der Waals surface area contributed by atoms with Gasteiger partial charge in [0.2, 0.25) is 0 Å². The van der Waals surface area contributed by atoms with E-state index in [0.29, 0.717) is 5.82 Å². The lowest BCUT2D eigenvalue weighted by atomic mass is 10.2. The Morgan fingerprint density at radius 2 is 1.95 bits per heavy atom. The average molecular weight is 256 g/mol. The summed E-state index contributed by atoms with van der Waals surface area (Å²) in [5.41, 5.74) is 3.03. The van der Waals surface area contributed by atoms with Crippen molar-refractivity contribution in [1.82, 2.24) is 4.98 Å². The molecule has 0 spiro atoms. The van der Waals surface area contributed by atoms with Gasteiger partial charge in [-0.3, -0.25) is 0 Å². The van der Waals surface area contributed by atoms with Gasteiger partial charge in [0.1, 0.15) is 11.4 Å². The van der Waals surface area contributed by atoms with E-state index in [-0.39, 0.29) is 5.56 Å². The molecule has 1 N–H and O–H groups in total. The lowest BCUT2D eigenvalue weighted by Gasteiger charge is -2.21. The van der Waals surface area contributed by atoms with Crippen LogP contribution in [0, 0.1) is 13.8 Å². The smallest absolute Gasteiger partial charge is 0.339 e. The van der Waals surface area contributed by atoms with Crippen LogP contribution >= 0.6 is 0 Å². The van der Waals surface area contributed by atoms with Gasteiger partial charge in [0.05, 0.1) is 0 Å². The Morgan fingerprint density at radius 3 is 2.58 bits per heavy atom. The minimum absolute atomic E-state index is 0.203. The third kappa shape index (κ3) is 2.73. The van der Waals surface area contributed by atoms with Gasteiger partial charge in [-0.15, -0.1) is 0 Å². The van der Waals surface area contributed by atoms with Crippen molar-refractivity contribution in [3.05, 3.63) is 53.2 Å². The van der Waals surface area contributed by atoms with Crippen LogP contribution in [0.15, 0.2) is 36.4 Å². The molecule has 0 atom stereocenters. The van der Waals surface area contributed by atoms with E-state index in [1.165, 1.54) is 0 Å². The molecule has 2 rings (SSSR count). The Kier molecular flexibility index (Phi) is 3.51. The van der Waals surface area contributed by atoms with Crippen molar-refractivity contribution in [2.75, 3.05) is 11.9 Å². The van der Waals surface area contributed by atoms with Crippen molar-refractivity contribution in [3.63, 3.8) is 0 Å². The highest BCUT2D eigenvalue weighted by molar-refractivity contribution is 5.94. The van der Waals surface area contributed by atoms with Gasteiger partial charge in [-0.25, -0.2) is 9.78 Å². The molecule has 0 fully saturated rings. The lowest BCUT2D eigenvalue weighted by Crippen LogP contribution is -2.16. The fraction of sp³-hybridized carbons (Fsp3) is 0.200. The predicted molar refractivity (Wildman–Crippen MR) is 75.2 cm³/mol. The number of carboxylic acid groups (broad SMARTS) is 1. The number of pyridine rings is 1. The number of aromatic carboxylic acids is 1. The number of benzene rings is 1. The number of hydrogen-bond donors (Lipinski definition) is 1. The quantitative estimate of drug-likeness (QED) is 0.916. The topological polar surface area (TPSA) is 53.4 Å². The van der Waals surface area contributed by atoms with Crippen LogP contribution < -0.4 is 4.90 Å². The first kappa shape index (κ1) is 13.1. The third-order valence-corrected chi connectivity index (χ3v) is 2.95. The molecule has 1 aromatic carbocycles. The second-order valence-corrected chi connectivity index (χ2v) is 4.53. The molecule has 0 aliphatic rings. The molecule has 0 saturated heterocycles. The first-order valence-corrected chi connectivity index (χ1v) is 6.00. The molecule has 0 saturated carbocycles. The average Bonchev–Trinajstić information content (AvgIpc) is 2.37. The Bertz CT molecular complexity index is 623. The standard InChI is InChI=1S/C15H16N2O2/c1-10-5-4-6-12(9-10)17(3)14-13(15(18)19)8-7-11(2)16-14/h4-9H,1-3H3,(H,18,19). The molecule has 0 aliphatic heterocycles. The number of aromatic nitrogens is 1. The summed E-state index contributed by atoms with van der Waals surface area (Å²) in [4.78, 5) is 17.4. The fourth-order valence-electron chi connectivity index (χ4n) is 1.92. The maximum atomic E-state index is 11.3. The molecular formula is C15H16N2O2. The van der Waals surface area contributed by atoms with Gasteiger partial charge in [0.15, 0.2) is 0 Å². The van der Waals surface area contributed by atoms with E-state index in [4.69, 9.17) is 0 Å². The van der Waals surface area contributed by atoms with Crippen molar-refractivity contribution in [1.29, 1.82) is 0 Å². The van der Waals surface area contributed by atoms with E-state index in [9.17, 15) is 9.90 Å². The van der Waals surface area contributed by atoms with Crippen molar-refractivity contribution < 1.29 is 9.90 Å². The summed E-state index contributed by atoms with van der Waals surface area (Å²) in [5, 5.41) is 9.24. The summed E-state index contributed by atoms with van der Waals surface area (Å²) in [5.74, 6) is -0.514. The molecule has 0 amide bonds. The van der Waals surface area contributed by atoms with Crippen LogP contribution in [0.5, 0.6) is 0 Å². The molecule has 98 valence electrons. The summed E-state index contributed by atoms with van der Waals surface area (Å²) < 4.78 is 0. The zero-order valence-corrected chi connectivity index (χ0v) is 11.2. The summed E-state index contributed by atoms with van der Waals surface area (Å²) in [6.45, 7) is 3.85. The monoisotopic (exact) mass is 256 g/mol. The van der Waals surface area contributed by atoms with Crippen LogP contribution in [0.25, 0.3) is 0 Å². The second-order valence-electron chi connectivity index (χ2n) is 4.53.